The van der Waals surface area contributed by atoms with E-state index in [2.05, 4.69) is 20.0 Å². The number of nitrogens with zero attached hydrogens (tertiary/aromatic N) is 4. The minimum absolute atomic E-state index is 0.143. The van der Waals surface area contributed by atoms with E-state index in [1.165, 1.54) is 6.33 Å². The highest BCUT2D eigenvalue weighted by molar-refractivity contribution is 7.57. The molecule has 11 nitrogen and oxygen atoms in total. The molecule has 0 bridgehead atoms. The summed E-state index contributed by atoms with van der Waals surface area (Å²) in [6.07, 6.45) is 2.73. The van der Waals surface area contributed by atoms with Crippen LogP contribution in [0.4, 0.5) is 5.82 Å². The number of ether oxygens (including phenoxy) is 3. The Kier molecular flexibility index (Phi) is 7.56. The number of nitrogen functional groups attached to an aromatic ring is 1. The molecule has 2 aromatic heterocycles. The maximum absolute atomic E-state index is 13.8. The van der Waals surface area contributed by atoms with Gasteiger partial charge in [0.15, 0.2) is 17.8 Å². The van der Waals surface area contributed by atoms with Gasteiger partial charge in [0, 0.05) is 0 Å². The predicted molar refractivity (Wildman–Crippen MR) is 123 cm³/mol. The van der Waals surface area contributed by atoms with Crippen molar-refractivity contribution >= 4 is 24.5 Å². The maximum Gasteiger partial charge on any atom is 0.342 e. The van der Waals surface area contributed by atoms with Crippen molar-refractivity contribution in [1.82, 2.24) is 24.6 Å². The van der Waals surface area contributed by atoms with Gasteiger partial charge in [-0.1, -0.05) is 25.1 Å². The highest BCUT2D eigenvalue weighted by Crippen LogP contribution is 2.44. The molecule has 0 radical (unpaired) electrons. The third kappa shape index (κ3) is 5.87. The summed E-state index contributed by atoms with van der Waals surface area (Å²) in [6, 6.07) is 8.71. The Labute approximate surface area is 192 Å². The van der Waals surface area contributed by atoms with Crippen LogP contribution in [0.15, 0.2) is 43.0 Å². The van der Waals surface area contributed by atoms with Crippen molar-refractivity contribution in [3.63, 3.8) is 0 Å². The first-order chi connectivity index (χ1) is 16.0. The molecule has 0 aliphatic carbocycles. The number of hydrogen-bond acceptors (Lipinski definition) is 9. The summed E-state index contributed by atoms with van der Waals surface area (Å²) in [4.78, 5) is 12.5. The Balaban J connectivity index is 1.45. The van der Waals surface area contributed by atoms with Gasteiger partial charge in [-0.05, 0) is 25.5 Å². The first-order valence-electron chi connectivity index (χ1n) is 10.8. The summed E-state index contributed by atoms with van der Waals surface area (Å²) >= 11 is 0. The SMILES string of the molecule is CC[C@H](NP(=O)(CO[C@H](C)Cn1cnc2c(N)ncnc21)Oc1ccccc1)C1OCCO1. The molecule has 1 saturated heterocycles. The number of imidazole rings is 1. The van der Waals surface area contributed by atoms with Crippen molar-refractivity contribution in [3.8, 4) is 5.75 Å². The topological polar surface area (TPSA) is 136 Å². The molecule has 1 unspecified atom stereocenters. The molecule has 3 atom stereocenters. The Hall–Kier alpha value is -2.56. The van der Waals surface area contributed by atoms with Gasteiger partial charge >= 0.3 is 7.52 Å². The van der Waals surface area contributed by atoms with E-state index >= 15 is 0 Å². The van der Waals surface area contributed by atoms with Gasteiger partial charge in [-0.15, -0.1) is 0 Å². The number of hydrogen-bond donors (Lipinski definition) is 2. The maximum atomic E-state index is 13.8. The van der Waals surface area contributed by atoms with Crippen molar-refractivity contribution in [2.45, 2.75) is 45.2 Å². The van der Waals surface area contributed by atoms with E-state index in [1.807, 2.05) is 36.6 Å². The van der Waals surface area contributed by atoms with E-state index in [-0.39, 0.29) is 18.5 Å². The second-order valence-corrected chi connectivity index (χ2v) is 9.81. The normalized spacial score (nSPS) is 18.2. The van der Waals surface area contributed by atoms with E-state index in [0.29, 0.717) is 48.9 Å². The quantitative estimate of drug-likeness (QED) is 0.398. The summed E-state index contributed by atoms with van der Waals surface area (Å²) in [6.45, 7) is 5.30. The van der Waals surface area contributed by atoms with E-state index in [4.69, 9.17) is 24.5 Å². The number of aromatic nitrogens is 4. The number of fused-ring (bicyclic) bond motifs is 1. The van der Waals surface area contributed by atoms with Crippen LogP contribution in [-0.2, 0) is 25.3 Å². The zero-order valence-electron chi connectivity index (χ0n) is 18.7. The predicted octanol–water partition coefficient (Wildman–Crippen LogP) is 2.78. The van der Waals surface area contributed by atoms with Gasteiger partial charge in [-0.3, -0.25) is 4.57 Å². The molecule has 0 saturated carbocycles. The molecule has 3 aromatic rings. The van der Waals surface area contributed by atoms with Crippen LogP contribution in [-0.4, -0.2) is 57.5 Å². The van der Waals surface area contributed by atoms with Gasteiger partial charge in [-0.25, -0.2) is 20.0 Å². The van der Waals surface area contributed by atoms with E-state index in [1.54, 1.807) is 18.5 Å². The van der Waals surface area contributed by atoms with Crippen molar-refractivity contribution in [2.75, 3.05) is 25.3 Å². The van der Waals surface area contributed by atoms with Crippen LogP contribution in [0.5, 0.6) is 5.75 Å². The standard InChI is InChI=1S/C21H29N6O5P/c1-3-17(21-29-9-10-30-21)26-33(28,32-16-7-5-4-6-8-16)14-31-15(2)11-27-13-25-18-19(22)23-12-24-20(18)27/h4-8,12-13,15,17,21H,3,9-11,14H2,1-2H3,(H,26,28)(H2,22,23,24)/t15-,17+,33?/m1/s1. The van der Waals surface area contributed by atoms with E-state index in [9.17, 15) is 4.57 Å². The molecule has 33 heavy (non-hydrogen) atoms. The van der Waals surface area contributed by atoms with Gasteiger partial charge < -0.3 is 29.0 Å². The minimum atomic E-state index is -3.47. The zero-order valence-corrected chi connectivity index (χ0v) is 19.6. The number of para-hydroxylation sites is 1. The second kappa shape index (κ2) is 10.6. The molecule has 1 aliphatic heterocycles. The lowest BCUT2D eigenvalue weighted by Crippen LogP contribution is -2.40. The third-order valence-corrected chi connectivity index (χ3v) is 6.91. The molecule has 0 amide bonds. The Bertz CT molecular complexity index is 1090. The van der Waals surface area contributed by atoms with Crippen molar-refractivity contribution in [1.29, 1.82) is 0 Å². The molecular formula is C21H29N6O5P. The number of rotatable bonds is 11. The van der Waals surface area contributed by atoms with E-state index < -0.39 is 13.8 Å². The fraction of sp³-hybridized carbons (Fsp3) is 0.476. The van der Waals surface area contributed by atoms with Gasteiger partial charge in [0.05, 0.1) is 38.2 Å². The summed E-state index contributed by atoms with van der Waals surface area (Å²) in [5, 5.41) is 3.12. The van der Waals surface area contributed by atoms with Crippen LogP contribution in [0.3, 0.4) is 0 Å². The van der Waals surface area contributed by atoms with Gasteiger partial charge in [0.25, 0.3) is 0 Å². The summed E-state index contributed by atoms with van der Waals surface area (Å²) < 4.78 is 38.8. The van der Waals surface area contributed by atoms with Crippen molar-refractivity contribution < 1.29 is 23.3 Å². The Morgan fingerprint density at radius 2 is 2.00 bits per heavy atom. The molecule has 1 aromatic carbocycles. The second-order valence-electron chi connectivity index (χ2n) is 7.77. The zero-order chi connectivity index (χ0) is 23.3. The molecular weight excluding hydrogens is 447 g/mol. The fourth-order valence-electron chi connectivity index (χ4n) is 3.54. The lowest BCUT2D eigenvalue weighted by molar-refractivity contribution is -0.0639. The highest BCUT2D eigenvalue weighted by Gasteiger charge is 2.35. The fourth-order valence-corrected chi connectivity index (χ4v) is 5.44. The number of benzene rings is 1. The number of nitrogens with one attached hydrogen (secondary N) is 1. The highest BCUT2D eigenvalue weighted by atomic mass is 31.2. The molecule has 178 valence electrons. The van der Waals surface area contributed by atoms with E-state index in [0.717, 1.165) is 0 Å². The molecule has 1 fully saturated rings. The van der Waals surface area contributed by atoms with Crippen molar-refractivity contribution in [3.05, 3.63) is 43.0 Å². The molecule has 0 spiro atoms. The monoisotopic (exact) mass is 476 g/mol. The molecule has 3 heterocycles. The molecule has 3 N–H and O–H groups in total. The Morgan fingerprint density at radius 3 is 2.73 bits per heavy atom. The van der Waals surface area contributed by atoms with Gasteiger partial charge in [0.2, 0.25) is 0 Å². The van der Waals surface area contributed by atoms with Crippen LogP contribution >= 0.6 is 7.52 Å². The van der Waals surface area contributed by atoms with Crippen LogP contribution < -0.4 is 15.3 Å². The first kappa shape index (κ1) is 23.6. The number of anilines is 1. The van der Waals surface area contributed by atoms with Crippen LogP contribution in [0.25, 0.3) is 11.2 Å². The average molecular weight is 476 g/mol. The van der Waals surface area contributed by atoms with Crippen molar-refractivity contribution in [2.24, 2.45) is 0 Å². The Morgan fingerprint density at radius 1 is 1.24 bits per heavy atom. The van der Waals surface area contributed by atoms with Gasteiger partial charge in [0.1, 0.15) is 23.9 Å². The summed E-state index contributed by atoms with van der Waals surface area (Å²) in [5.41, 5.74) is 7.01. The molecule has 12 heteroatoms. The molecule has 1 aliphatic rings. The van der Waals surface area contributed by atoms with Crippen LogP contribution in [0.1, 0.15) is 20.3 Å². The summed E-state index contributed by atoms with van der Waals surface area (Å²) in [5.74, 6) is 0.805. The lowest BCUT2D eigenvalue weighted by atomic mass is 10.2. The third-order valence-electron chi connectivity index (χ3n) is 5.19. The first-order valence-corrected chi connectivity index (χ1v) is 12.7. The number of nitrogens with two attached hydrogens (primary N) is 1. The minimum Gasteiger partial charge on any atom is -0.431 e. The van der Waals surface area contributed by atoms with Crippen LogP contribution in [0.2, 0.25) is 0 Å². The van der Waals surface area contributed by atoms with Gasteiger partial charge in [-0.2, -0.15) is 0 Å². The summed E-state index contributed by atoms with van der Waals surface area (Å²) in [7, 11) is -3.47. The largest absolute Gasteiger partial charge is 0.431 e. The lowest BCUT2D eigenvalue weighted by Gasteiger charge is -2.29. The molecule has 4 rings (SSSR count). The van der Waals surface area contributed by atoms with Crippen LogP contribution in [0, 0.1) is 0 Å². The smallest absolute Gasteiger partial charge is 0.342 e. The average Bonchev–Trinajstić information content (AvgIpc) is 3.49.